The first-order chi connectivity index (χ1) is 50.2. The Bertz CT molecular complexity index is 3340. The van der Waals surface area contributed by atoms with Crippen LogP contribution in [-0.4, -0.2) is 220 Å². The van der Waals surface area contributed by atoms with Crippen LogP contribution in [0.5, 0.6) is 0 Å². The van der Waals surface area contributed by atoms with Crippen LogP contribution in [0.1, 0.15) is 145 Å². The second kappa shape index (κ2) is 44.6. The number of amides is 13. The third-order valence-corrected chi connectivity index (χ3v) is 16.6. The lowest BCUT2D eigenvalue weighted by molar-refractivity contribution is -0.159. The number of benzene rings is 2. The van der Waals surface area contributed by atoms with Crippen molar-refractivity contribution >= 4 is 89.1 Å². The summed E-state index contributed by atoms with van der Waals surface area (Å²) < 4.78 is 16.7. The van der Waals surface area contributed by atoms with Crippen LogP contribution < -0.4 is 80.6 Å². The predicted molar refractivity (Wildman–Crippen MR) is 385 cm³/mol. The summed E-state index contributed by atoms with van der Waals surface area (Å²) in [6.45, 7) is 15.9. The van der Waals surface area contributed by atoms with Crippen LogP contribution in [0.2, 0.25) is 0 Å². The van der Waals surface area contributed by atoms with Crippen molar-refractivity contribution in [2.24, 2.45) is 35.1 Å². The lowest BCUT2D eigenvalue weighted by Gasteiger charge is -2.34. The number of esters is 1. The van der Waals surface area contributed by atoms with Gasteiger partial charge in [0.2, 0.25) is 65.0 Å². The van der Waals surface area contributed by atoms with Crippen molar-refractivity contribution in [3.8, 4) is 0 Å². The molecule has 22 N–H and O–H groups in total. The zero-order chi connectivity index (χ0) is 80.6. The van der Waals surface area contributed by atoms with Crippen LogP contribution in [0.15, 0.2) is 60.7 Å². The molecule has 1 aliphatic rings. The normalized spacial score (nSPS) is 22.5. The van der Waals surface area contributed by atoms with Crippen LogP contribution in [0.25, 0.3) is 0 Å². The molecular weight excluding hydrogens is 1400 g/mol. The lowest BCUT2D eigenvalue weighted by atomic mass is 9.95. The largest absolute Gasteiger partial charge is 0.453 e. The summed E-state index contributed by atoms with van der Waals surface area (Å²) in [7, 11) is 0. The fraction of sp³-hybridized carbons (Fsp3) is 0.614. The van der Waals surface area contributed by atoms with Gasteiger partial charge in [-0.05, 0) is 101 Å². The molecule has 0 spiro atoms. The van der Waals surface area contributed by atoms with Crippen LogP contribution in [0.4, 0.5) is 9.59 Å². The van der Waals surface area contributed by atoms with Crippen LogP contribution in [0.3, 0.4) is 0 Å². The summed E-state index contributed by atoms with van der Waals surface area (Å²) in [5.41, 5.74) is 10.4. The number of nitrogens with one attached hydrogen (secondary N) is 14. The second-order valence-electron chi connectivity index (χ2n) is 28.2. The number of aliphatic hydroxyl groups is 4. The summed E-state index contributed by atoms with van der Waals surface area (Å²) in [5, 5.41) is 83.8. The van der Waals surface area contributed by atoms with Crippen molar-refractivity contribution in [2.75, 3.05) is 26.2 Å². The zero-order valence-corrected chi connectivity index (χ0v) is 62.5. The molecule has 596 valence electrons. The number of guanidine groups is 1. The number of carbonyl (C=O) groups excluding carboxylic acids is 14. The molecule has 37 heteroatoms. The van der Waals surface area contributed by atoms with E-state index in [1.54, 1.807) is 92.6 Å². The number of rotatable bonds is 28. The van der Waals surface area contributed by atoms with E-state index in [0.717, 1.165) is 6.92 Å². The maximum absolute atomic E-state index is 15.7. The summed E-state index contributed by atoms with van der Waals surface area (Å²) in [5.74, 6) is -18.4. The molecular formula is C70H110N16O21. The number of hydrogen-bond donors (Lipinski definition) is 20. The number of ether oxygens (including phenoxy) is 3. The lowest BCUT2D eigenvalue weighted by Crippen LogP contribution is -2.64. The second-order valence-corrected chi connectivity index (χ2v) is 28.2. The molecule has 15 atom stereocenters. The molecule has 2 aromatic carbocycles. The number of aliphatic hydroxyl groups excluding tert-OH is 4. The number of cyclic esters (lactones) is 1. The highest BCUT2D eigenvalue weighted by molar-refractivity contribution is 6.00. The van der Waals surface area contributed by atoms with E-state index in [0.29, 0.717) is 5.56 Å². The van der Waals surface area contributed by atoms with E-state index in [1.165, 1.54) is 44.2 Å². The molecule has 0 bridgehead atoms. The van der Waals surface area contributed by atoms with E-state index >= 15 is 14.4 Å². The van der Waals surface area contributed by atoms with Gasteiger partial charge in [0.25, 0.3) is 0 Å². The first-order valence-electron chi connectivity index (χ1n) is 35.4. The van der Waals surface area contributed by atoms with E-state index in [-0.39, 0.29) is 70.2 Å². The van der Waals surface area contributed by atoms with Crippen molar-refractivity contribution in [1.82, 2.24) is 69.1 Å². The molecule has 1 saturated heterocycles. The fourth-order valence-electron chi connectivity index (χ4n) is 10.6. The third kappa shape index (κ3) is 31.8. The van der Waals surface area contributed by atoms with Gasteiger partial charge in [0.1, 0.15) is 66.6 Å². The molecule has 3 rings (SSSR count). The Morgan fingerprint density at radius 3 is 1.75 bits per heavy atom. The average Bonchev–Trinajstić information content (AvgIpc) is 0.808. The van der Waals surface area contributed by atoms with Gasteiger partial charge >= 0.3 is 18.2 Å². The minimum Gasteiger partial charge on any atom is -0.453 e. The number of nitrogens with two attached hydrogens (primary N) is 2. The molecule has 13 amide bonds. The topological polar surface area (TPSA) is 580 Å². The Kier molecular flexibility index (Phi) is 37.9. The highest BCUT2D eigenvalue weighted by Gasteiger charge is 2.44. The Labute approximate surface area is 621 Å². The SMILES string of the molecule is CC[C@H](C)C1NC(=O)[C@@H](CCCNC(=N)N)NC(=O)[C@H](CC(C)C)NC(=O)[C@H]([C@H](O)C(C)C)NC(=O)[C@@H](NC(=O)[C@H](CC(C)C)NC(=O)[C@@H](CCCNC(=O)OCc2ccccc2)NC(=O)OC(C)(C)C)[C@@H](c2ccccc2)OC(=O)[C@H](CO)NC(=O)[C@H]([C@H](O)C(N)=O)NC(=O)CNC(=O)C([C@H](C)O)NC1=O. The minimum atomic E-state index is -2.62. The Morgan fingerprint density at radius 1 is 0.626 bits per heavy atom. The highest BCUT2D eigenvalue weighted by atomic mass is 16.6. The van der Waals surface area contributed by atoms with E-state index in [1.807, 2.05) is 10.6 Å². The summed E-state index contributed by atoms with van der Waals surface area (Å²) in [6.07, 6.45) is -10.9. The van der Waals surface area contributed by atoms with E-state index in [4.69, 9.17) is 31.1 Å². The quantitative estimate of drug-likeness (QED) is 0.0133. The van der Waals surface area contributed by atoms with Crippen LogP contribution >= 0.6 is 0 Å². The number of alkyl carbamates (subject to hydrolysis) is 2. The Hall–Kier alpha value is -10.3. The first-order valence-corrected chi connectivity index (χ1v) is 35.4. The highest BCUT2D eigenvalue weighted by Crippen LogP contribution is 2.25. The molecule has 0 radical (unpaired) electrons. The molecule has 1 heterocycles. The molecule has 1 aliphatic heterocycles. The van der Waals surface area contributed by atoms with Crippen molar-refractivity contribution < 1.29 is 102 Å². The standard InChI is InChI=1S/C70H110N16O21/c1-13-38(8)48-62(98)84-49(39(9)88)61(97)76-32-47(89)82-51(54(91)56(71)92)64(100)80-46(33-87)66(102)106-55(41-24-18-15-19-25-41)52(65(101)85-50(53(90)37(6)7)63(99)79-44(30-35(2)3)59(95)77-42(58(94)83-48)26-20-28-74-67(72)73)86-60(96)45(31-36(4)5)78-57(93)43(81-69(104)107-70(10,11)12)27-21-29-75-68(103)105-34-40-22-16-14-17-23-40/h14-19,22-25,35-39,42-46,48-55,87-88,90-91H,13,20-21,26-34H2,1-12H3,(H2,71,92)(H,75,103)(H,76,97)(H,77,95)(H,78,93)(H,79,99)(H,80,100)(H,81,104)(H,82,89)(H,83,94)(H,84,98)(H,85,101)(H,86,96)(H4,72,73,74)/t38-,39-,42+,43+,44-,45-,46-,48?,49?,50-,51-,52-,53+,54-,55+/m0/s1. The number of primary amides is 1. The van der Waals surface area contributed by atoms with E-state index < -0.39 is 216 Å². The summed E-state index contributed by atoms with van der Waals surface area (Å²) in [6, 6.07) is -3.30. The average molecular weight is 1510 g/mol. The summed E-state index contributed by atoms with van der Waals surface area (Å²) >= 11 is 0. The minimum absolute atomic E-state index is 0.0152. The Balaban J connectivity index is 2.39. The van der Waals surface area contributed by atoms with Gasteiger partial charge in [0, 0.05) is 13.1 Å². The molecule has 0 saturated carbocycles. The predicted octanol–water partition coefficient (Wildman–Crippen LogP) is -3.00. The maximum atomic E-state index is 15.7. The molecule has 1 fully saturated rings. The van der Waals surface area contributed by atoms with Gasteiger partial charge in [-0.1, -0.05) is 122 Å². The van der Waals surface area contributed by atoms with Crippen molar-refractivity contribution in [2.45, 2.75) is 225 Å². The van der Waals surface area contributed by atoms with E-state index in [2.05, 4.69) is 58.5 Å². The first kappa shape index (κ1) is 90.9. The molecule has 107 heavy (non-hydrogen) atoms. The van der Waals surface area contributed by atoms with Crippen molar-refractivity contribution in [3.63, 3.8) is 0 Å². The van der Waals surface area contributed by atoms with Crippen molar-refractivity contribution in [3.05, 3.63) is 71.8 Å². The third-order valence-electron chi connectivity index (χ3n) is 16.6. The zero-order valence-electron chi connectivity index (χ0n) is 62.5. The van der Waals surface area contributed by atoms with Crippen LogP contribution in [0, 0.1) is 29.1 Å². The van der Waals surface area contributed by atoms with Crippen LogP contribution in [-0.2, 0) is 78.4 Å². The monoisotopic (exact) mass is 1510 g/mol. The van der Waals surface area contributed by atoms with Gasteiger partial charge in [-0.25, -0.2) is 14.4 Å². The van der Waals surface area contributed by atoms with Gasteiger partial charge in [-0.15, -0.1) is 0 Å². The fourth-order valence-corrected chi connectivity index (χ4v) is 10.6. The number of hydrogen-bond acceptors (Lipinski definition) is 22. The molecule has 2 aromatic rings. The number of carbonyl (C=O) groups is 14. The molecule has 0 aromatic heterocycles. The van der Waals surface area contributed by atoms with Crippen molar-refractivity contribution in [1.29, 1.82) is 5.41 Å². The van der Waals surface area contributed by atoms with Gasteiger partial charge in [-0.2, -0.15) is 0 Å². The van der Waals surface area contributed by atoms with Gasteiger partial charge < -0.3 is 115 Å². The van der Waals surface area contributed by atoms with Gasteiger partial charge in [0.15, 0.2) is 24.2 Å². The summed E-state index contributed by atoms with van der Waals surface area (Å²) in [4.78, 5) is 199. The smallest absolute Gasteiger partial charge is 0.408 e. The van der Waals surface area contributed by atoms with Gasteiger partial charge in [0.05, 0.1) is 25.4 Å². The molecule has 2 unspecified atom stereocenters. The maximum Gasteiger partial charge on any atom is 0.408 e. The Morgan fingerprint density at radius 2 is 1.19 bits per heavy atom. The van der Waals surface area contributed by atoms with Gasteiger partial charge in [-0.3, -0.25) is 58.1 Å². The van der Waals surface area contributed by atoms with E-state index in [9.17, 15) is 73.2 Å². The molecule has 37 nitrogen and oxygen atoms in total. The molecule has 0 aliphatic carbocycles.